The van der Waals surface area contributed by atoms with E-state index in [1.54, 1.807) is 0 Å². The first-order chi connectivity index (χ1) is 8.06. The monoisotopic (exact) mass is 246 g/mol. The quantitative estimate of drug-likeness (QED) is 0.612. The number of nitrogens with one attached hydrogen (secondary N) is 1. The topological polar surface area (TPSA) is 55.1 Å². The van der Waals surface area contributed by atoms with Gasteiger partial charge in [0.2, 0.25) is 0 Å². The fraction of sp³-hybridized carbons (Fsp3) is 0.364. The van der Waals surface area contributed by atoms with Crippen molar-refractivity contribution in [2.45, 2.75) is 12.8 Å². The maximum Gasteiger partial charge on any atom is 0.251 e. The standard InChI is InChI=1S/C11H13F3N2O/c12-8-5-7(6-9(13)10(8)14)11(17)16-4-2-1-3-15/h5-6H,1-4,15H2,(H,16,17). The molecule has 0 saturated carbocycles. The lowest BCUT2D eigenvalue weighted by Crippen LogP contribution is -2.25. The Hall–Kier alpha value is -1.56. The first-order valence-electron chi connectivity index (χ1n) is 5.19. The molecule has 0 fully saturated rings. The Balaban J connectivity index is 2.63. The molecule has 1 amide bonds. The molecule has 0 unspecified atom stereocenters. The van der Waals surface area contributed by atoms with Crippen LogP contribution in [0.1, 0.15) is 23.2 Å². The highest BCUT2D eigenvalue weighted by atomic mass is 19.2. The Morgan fingerprint density at radius 2 is 1.76 bits per heavy atom. The van der Waals surface area contributed by atoms with Crippen molar-refractivity contribution in [1.29, 1.82) is 0 Å². The molecule has 3 N–H and O–H groups in total. The summed E-state index contributed by atoms with van der Waals surface area (Å²) in [7, 11) is 0. The number of hydrogen-bond acceptors (Lipinski definition) is 2. The number of carbonyl (C=O) groups excluding carboxylic acids is 1. The molecule has 94 valence electrons. The first kappa shape index (κ1) is 13.5. The molecule has 1 rings (SSSR count). The number of halogens is 3. The minimum absolute atomic E-state index is 0.242. The molecular weight excluding hydrogens is 233 g/mol. The van der Waals surface area contributed by atoms with E-state index in [1.165, 1.54) is 0 Å². The molecule has 17 heavy (non-hydrogen) atoms. The maximum absolute atomic E-state index is 12.8. The molecule has 1 aromatic rings. The van der Waals surface area contributed by atoms with Crippen LogP contribution < -0.4 is 11.1 Å². The van der Waals surface area contributed by atoms with Crippen molar-refractivity contribution >= 4 is 5.91 Å². The molecule has 0 spiro atoms. The van der Waals surface area contributed by atoms with E-state index in [-0.39, 0.29) is 5.56 Å². The van der Waals surface area contributed by atoms with Crippen LogP contribution in [0.2, 0.25) is 0 Å². The third-order valence-electron chi connectivity index (χ3n) is 2.16. The van der Waals surface area contributed by atoms with E-state index in [1.807, 2.05) is 0 Å². The smallest absolute Gasteiger partial charge is 0.251 e. The Labute approximate surface area is 96.8 Å². The van der Waals surface area contributed by atoms with Gasteiger partial charge in [0.15, 0.2) is 17.5 Å². The Morgan fingerprint density at radius 3 is 2.29 bits per heavy atom. The van der Waals surface area contributed by atoms with Gasteiger partial charge >= 0.3 is 0 Å². The number of rotatable bonds is 5. The number of unbranched alkanes of at least 4 members (excludes halogenated alkanes) is 1. The Kier molecular flexibility index (Phi) is 4.96. The molecule has 0 aliphatic carbocycles. The largest absolute Gasteiger partial charge is 0.352 e. The number of benzene rings is 1. The lowest BCUT2D eigenvalue weighted by atomic mass is 10.2. The van der Waals surface area contributed by atoms with Gasteiger partial charge in [-0.25, -0.2) is 13.2 Å². The molecule has 0 aliphatic rings. The lowest BCUT2D eigenvalue weighted by Gasteiger charge is -2.05. The maximum atomic E-state index is 12.8. The van der Waals surface area contributed by atoms with Crippen LogP contribution in [0, 0.1) is 17.5 Å². The fourth-order valence-corrected chi connectivity index (χ4v) is 1.26. The summed E-state index contributed by atoms with van der Waals surface area (Å²) in [6.45, 7) is 0.867. The predicted octanol–water partition coefficient (Wildman–Crippen LogP) is 1.57. The predicted molar refractivity (Wildman–Crippen MR) is 56.9 cm³/mol. The fourth-order valence-electron chi connectivity index (χ4n) is 1.26. The Morgan fingerprint density at radius 1 is 1.18 bits per heavy atom. The number of amides is 1. The molecule has 0 heterocycles. The van der Waals surface area contributed by atoms with Crippen molar-refractivity contribution in [3.63, 3.8) is 0 Å². The van der Waals surface area contributed by atoms with Crippen LogP contribution in [0.5, 0.6) is 0 Å². The average Bonchev–Trinajstić information content (AvgIpc) is 2.30. The summed E-state index contributed by atoms with van der Waals surface area (Å²) in [5.74, 6) is -4.97. The van der Waals surface area contributed by atoms with Crippen molar-refractivity contribution in [3.8, 4) is 0 Å². The van der Waals surface area contributed by atoms with Crippen LogP contribution in [-0.4, -0.2) is 19.0 Å². The molecule has 0 bridgehead atoms. The zero-order valence-corrected chi connectivity index (χ0v) is 9.10. The van der Waals surface area contributed by atoms with E-state index in [0.29, 0.717) is 31.6 Å². The Bertz CT molecular complexity index is 387. The highest BCUT2D eigenvalue weighted by Crippen LogP contribution is 2.13. The highest BCUT2D eigenvalue weighted by Gasteiger charge is 2.14. The van der Waals surface area contributed by atoms with Crippen LogP contribution in [0.15, 0.2) is 12.1 Å². The molecular formula is C11H13F3N2O. The van der Waals surface area contributed by atoms with Crippen LogP contribution >= 0.6 is 0 Å². The van der Waals surface area contributed by atoms with Crippen molar-refractivity contribution in [3.05, 3.63) is 35.1 Å². The van der Waals surface area contributed by atoms with E-state index in [0.717, 1.165) is 6.42 Å². The molecule has 3 nitrogen and oxygen atoms in total. The summed E-state index contributed by atoms with van der Waals surface area (Å²) in [4.78, 5) is 11.4. The molecule has 0 aliphatic heterocycles. The van der Waals surface area contributed by atoms with Gasteiger partial charge in [-0.3, -0.25) is 4.79 Å². The summed E-state index contributed by atoms with van der Waals surface area (Å²) < 4.78 is 38.3. The van der Waals surface area contributed by atoms with E-state index >= 15 is 0 Å². The van der Waals surface area contributed by atoms with Gasteiger partial charge in [-0.1, -0.05) is 0 Å². The summed E-state index contributed by atoms with van der Waals surface area (Å²) in [5, 5.41) is 2.46. The van der Waals surface area contributed by atoms with Gasteiger partial charge in [-0.05, 0) is 31.5 Å². The molecule has 0 saturated heterocycles. The zero-order chi connectivity index (χ0) is 12.8. The summed E-state index contributed by atoms with van der Waals surface area (Å²) >= 11 is 0. The van der Waals surface area contributed by atoms with Crippen LogP contribution in [0.3, 0.4) is 0 Å². The van der Waals surface area contributed by atoms with Gasteiger partial charge in [-0.2, -0.15) is 0 Å². The summed E-state index contributed by atoms with van der Waals surface area (Å²) in [6.07, 6.45) is 1.42. The van der Waals surface area contributed by atoms with Crippen molar-refractivity contribution in [2.75, 3.05) is 13.1 Å². The van der Waals surface area contributed by atoms with Gasteiger partial charge < -0.3 is 11.1 Å². The highest BCUT2D eigenvalue weighted by molar-refractivity contribution is 5.94. The second-order valence-electron chi connectivity index (χ2n) is 3.51. The van der Waals surface area contributed by atoms with Gasteiger partial charge in [0.05, 0.1) is 0 Å². The first-order valence-corrected chi connectivity index (χ1v) is 5.19. The lowest BCUT2D eigenvalue weighted by molar-refractivity contribution is 0.0952. The van der Waals surface area contributed by atoms with Gasteiger partial charge in [0, 0.05) is 12.1 Å². The molecule has 6 heteroatoms. The zero-order valence-electron chi connectivity index (χ0n) is 9.10. The van der Waals surface area contributed by atoms with E-state index in [2.05, 4.69) is 5.32 Å². The molecule has 0 radical (unpaired) electrons. The second-order valence-corrected chi connectivity index (χ2v) is 3.51. The van der Waals surface area contributed by atoms with Crippen molar-refractivity contribution in [1.82, 2.24) is 5.32 Å². The van der Waals surface area contributed by atoms with Gasteiger partial charge in [-0.15, -0.1) is 0 Å². The average molecular weight is 246 g/mol. The van der Waals surface area contributed by atoms with Crippen LogP contribution in [-0.2, 0) is 0 Å². The molecule has 1 aromatic carbocycles. The normalized spacial score (nSPS) is 10.4. The molecule has 0 aromatic heterocycles. The summed E-state index contributed by atoms with van der Waals surface area (Å²) in [6, 6.07) is 1.33. The van der Waals surface area contributed by atoms with Gasteiger partial charge in [0.25, 0.3) is 5.91 Å². The van der Waals surface area contributed by atoms with E-state index in [9.17, 15) is 18.0 Å². The second kappa shape index (κ2) is 6.24. The molecule has 0 atom stereocenters. The third kappa shape index (κ3) is 3.74. The SMILES string of the molecule is NCCCCNC(=O)c1cc(F)c(F)c(F)c1. The number of carbonyl (C=O) groups is 1. The van der Waals surface area contributed by atoms with E-state index < -0.39 is 23.4 Å². The van der Waals surface area contributed by atoms with Crippen molar-refractivity contribution in [2.24, 2.45) is 5.73 Å². The minimum atomic E-state index is -1.58. The summed E-state index contributed by atoms with van der Waals surface area (Å²) in [5.41, 5.74) is 5.02. The third-order valence-corrected chi connectivity index (χ3v) is 2.16. The van der Waals surface area contributed by atoms with Crippen LogP contribution in [0.4, 0.5) is 13.2 Å². The number of nitrogens with two attached hydrogens (primary N) is 1. The van der Waals surface area contributed by atoms with E-state index in [4.69, 9.17) is 5.73 Å². The van der Waals surface area contributed by atoms with Crippen molar-refractivity contribution < 1.29 is 18.0 Å². The van der Waals surface area contributed by atoms with Gasteiger partial charge in [0.1, 0.15) is 0 Å². The van der Waals surface area contributed by atoms with Crippen LogP contribution in [0.25, 0.3) is 0 Å². The minimum Gasteiger partial charge on any atom is -0.352 e. The number of hydrogen-bond donors (Lipinski definition) is 2.